The molecule has 53 heavy (non-hydrogen) atoms. The highest BCUT2D eigenvalue weighted by Gasteiger charge is 2.13. The van der Waals surface area contributed by atoms with Gasteiger partial charge in [-0.05, 0) is 112 Å². The van der Waals surface area contributed by atoms with Crippen molar-refractivity contribution in [2.75, 3.05) is 11.1 Å². The predicted octanol–water partition coefficient (Wildman–Crippen LogP) is 8.70. The van der Waals surface area contributed by atoms with Crippen LogP contribution in [0.1, 0.15) is 43.0 Å². The third kappa shape index (κ3) is 9.31. The summed E-state index contributed by atoms with van der Waals surface area (Å²) in [5, 5.41) is 2.43. The second-order valence-electron chi connectivity index (χ2n) is 12.1. The van der Waals surface area contributed by atoms with Crippen LogP contribution < -0.4 is 11.1 Å². The smallest absolute Gasteiger partial charge is 0.256 e. The van der Waals surface area contributed by atoms with E-state index < -0.39 is 5.24 Å². The average molecular weight is 725 g/mol. The van der Waals surface area contributed by atoms with Crippen LogP contribution in [0.15, 0.2) is 119 Å². The molecule has 0 aliphatic carbocycles. The number of nitrogens with one attached hydrogen (secondary N) is 1. The number of aromatic nitrogens is 6. The zero-order valence-electron chi connectivity index (χ0n) is 29.2. The Morgan fingerprint density at radius 3 is 1.58 bits per heavy atom. The summed E-state index contributed by atoms with van der Waals surface area (Å²) in [6.45, 7) is 7.81. The Morgan fingerprint density at radius 2 is 1.09 bits per heavy atom. The summed E-state index contributed by atoms with van der Waals surface area (Å²) in [7, 11) is 0. The second kappa shape index (κ2) is 16.0. The van der Waals surface area contributed by atoms with E-state index in [-0.39, 0.29) is 5.91 Å². The minimum Gasteiger partial charge on any atom is -0.434 e. The SMILES string of the molecule is Cc1cc(C)cc(C(=O)Cl)c1.Cc1cc(C)cc(C(=O)Nc2cc(-c3nc4ncccc4o3)ccn2)c1.Nc1cc(-c2nc3ncccc3o2)ccn1. The van der Waals surface area contributed by atoms with Crippen molar-refractivity contribution < 1.29 is 18.4 Å². The molecule has 8 aromatic rings. The Kier molecular flexibility index (Phi) is 10.9. The maximum Gasteiger partial charge on any atom is 0.256 e. The van der Waals surface area contributed by atoms with Crippen LogP contribution in [0, 0.1) is 27.7 Å². The number of anilines is 2. The van der Waals surface area contributed by atoms with Gasteiger partial charge in [-0.3, -0.25) is 9.59 Å². The molecule has 8 rings (SSSR count). The fraction of sp³-hybridized carbons (Fsp3) is 0.100. The van der Waals surface area contributed by atoms with Crippen LogP contribution in [-0.4, -0.2) is 41.1 Å². The van der Waals surface area contributed by atoms with Crippen LogP contribution >= 0.6 is 11.6 Å². The maximum absolute atomic E-state index is 12.5. The number of rotatable bonds is 5. The highest BCUT2D eigenvalue weighted by atomic mass is 35.5. The summed E-state index contributed by atoms with van der Waals surface area (Å²) in [4.78, 5) is 48.2. The van der Waals surface area contributed by atoms with Crippen molar-refractivity contribution in [3.8, 4) is 22.9 Å². The zero-order chi connectivity index (χ0) is 37.5. The quantitative estimate of drug-likeness (QED) is 0.162. The Balaban J connectivity index is 0.000000151. The topological polar surface area (TPSA) is 176 Å². The molecule has 12 nitrogen and oxygen atoms in total. The lowest BCUT2D eigenvalue weighted by Crippen LogP contribution is -2.13. The number of nitrogens with zero attached hydrogens (tertiary/aromatic N) is 6. The first-order chi connectivity index (χ1) is 25.5. The van der Waals surface area contributed by atoms with Gasteiger partial charge in [0.05, 0.1) is 0 Å². The van der Waals surface area contributed by atoms with E-state index in [9.17, 15) is 9.59 Å². The number of halogens is 1. The fourth-order valence-electron chi connectivity index (χ4n) is 5.38. The van der Waals surface area contributed by atoms with Crippen molar-refractivity contribution >= 4 is 56.8 Å². The van der Waals surface area contributed by atoms with Gasteiger partial charge in [-0.2, -0.15) is 9.97 Å². The fourth-order valence-corrected chi connectivity index (χ4v) is 5.49. The van der Waals surface area contributed by atoms with Crippen molar-refractivity contribution in [3.63, 3.8) is 0 Å². The molecule has 0 bridgehead atoms. The Morgan fingerprint density at radius 1 is 0.604 bits per heavy atom. The highest BCUT2D eigenvalue weighted by molar-refractivity contribution is 6.67. The number of pyridine rings is 4. The molecule has 0 aliphatic rings. The van der Waals surface area contributed by atoms with Crippen molar-refractivity contribution in [2.45, 2.75) is 27.7 Å². The van der Waals surface area contributed by atoms with E-state index in [1.807, 2.05) is 64.1 Å². The van der Waals surface area contributed by atoms with Gasteiger partial charge in [-0.1, -0.05) is 34.4 Å². The van der Waals surface area contributed by atoms with E-state index in [2.05, 4.69) is 35.2 Å². The number of carbonyl (C=O) groups excluding carboxylic acids is 2. The van der Waals surface area contributed by atoms with Crippen LogP contribution in [0.2, 0.25) is 0 Å². The van der Waals surface area contributed by atoms with E-state index in [4.69, 9.17) is 26.2 Å². The molecule has 0 spiro atoms. The number of oxazole rings is 2. The first-order valence-electron chi connectivity index (χ1n) is 16.3. The molecule has 0 unspecified atom stereocenters. The zero-order valence-corrected chi connectivity index (χ0v) is 29.9. The number of nitrogen functional groups attached to an aromatic ring is 1. The molecule has 0 atom stereocenters. The van der Waals surface area contributed by atoms with Crippen molar-refractivity contribution in [1.82, 2.24) is 29.9 Å². The monoisotopic (exact) mass is 724 g/mol. The molecule has 0 fully saturated rings. The summed E-state index contributed by atoms with van der Waals surface area (Å²) in [5.74, 6) is 1.60. The average Bonchev–Trinajstić information content (AvgIpc) is 3.77. The largest absolute Gasteiger partial charge is 0.434 e. The van der Waals surface area contributed by atoms with Gasteiger partial charge >= 0.3 is 0 Å². The molecule has 0 saturated heterocycles. The van der Waals surface area contributed by atoms with Gasteiger partial charge in [0.25, 0.3) is 11.1 Å². The van der Waals surface area contributed by atoms with Gasteiger partial charge in [-0.25, -0.2) is 19.9 Å². The van der Waals surface area contributed by atoms with Crippen molar-refractivity contribution in [2.24, 2.45) is 0 Å². The number of nitrogens with two attached hydrogens (primary N) is 1. The maximum atomic E-state index is 12.5. The molecule has 0 radical (unpaired) electrons. The van der Waals surface area contributed by atoms with Gasteiger partial charge < -0.3 is 19.9 Å². The van der Waals surface area contributed by atoms with Gasteiger partial charge in [-0.15, -0.1) is 0 Å². The molecule has 1 amide bonds. The number of carbonyl (C=O) groups is 2. The second-order valence-corrected chi connectivity index (χ2v) is 12.4. The van der Waals surface area contributed by atoms with Crippen LogP contribution in [-0.2, 0) is 0 Å². The number of benzene rings is 2. The molecule has 0 aliphatic heterocycles. The number of aryl methyl sites for hydroxylation is 4. The van der Waals surface area contributed by atoms with Gasteiger partial charge in [0.15, 0.2) is 22.5 Å². The highest BCUT2D eigenvalue weighted by Crippen LogP contribution is 2.25. The summed E-state index contributed by atoms with van der Waals surface area (Å²) in [6.07, 6.45) is 6.56. The predicted molar refractivity (Wildman–Crippen MR) is 204 cm³/mol. The van der Waals surface area contributed by atoms with Gasteiger partial charge in [0.2, 0.25) is 11.8 Å². The van der Waals surface area contributed by atoms with Crippen LogP contribution in [0.25, 0.3) is 45.4 Å². The molecule has 2 aromatic carbocycles. The number of hydrogen-bond donors (Lipinski definition) is 2. The molecule has 3 N–H and O–H groups in total. The van der Waals surface area contributed by atoms with Crippen molar-refractivity contribution in [3.05, 3.63) is 143 Å². The number of amides is 1. The van der Waals surface area contributed by atoms with E-state index in [0.29, 0.717) is 62.6 Å². The third-order valence-electron chi connectivity index (χ3n) is 7.54. The normalized spacial score (nSPS) is 10.6. The standard InChI is InChI=1S/C20H16N4O2.C11H8N4O.C9H9ClO/c1-12-8-13(2)10-15(9-12)19(25)23-17-11-14(5-7-21-17)20-24-18-16(26-20)4-3-6-22-18;12-9-6-7(3-5-13-9)11-15-10-8(16-11)2-1-4-14-10;1-6-3-7(2)5-8(4-6)9(10)11/h3-11H,1-2H3,(H,21,23,25);1-6H,(H2,12,13);3-5H,1-2H3. The first kappa shape index (κ1) is 36.0. The Labute approximate surface area is 309 Å². The molecular weight excluding hydrogens is 692 g/mol. The number of fused-ring (bicyclic) bond motifs is 2. The van der Waals surface area contributed by atoms with E-state index in [0.717, 1.165) is 27.8 Å². The molecule has 6 aromatic heterocycles. The lowest BCUT2D eigenvalue weighted by atomic mass is 10.1. The molecule has 264 valence electrons. The van der Waals surface area contributed by atoms with Crippen LogP contribution in [0.5, 0.6) is 0 Å². The summed E-state index contributed by atoms with van der Waals surface area (Å²) >= 11 is 5.31. The van der Waals surface area contributed by atoms with E-state index >= 15 is 0 Å². The Bertz CT molecular complexity index is 2480. The van der Waals surface area contributed by atoms with Gasteiger partial charge in [0, 0.05) is 47.0 Å². The van der Waals surface area contributed by atoms with Crippen LogP contribution in [0.3, 0.4) is 0 Å². The van der Waals surface area contributed by atoms with E-state index in [1.54, 1.807) is 73.3 Å². The lowest BCUT2D eigenvalue weighted by molar-refractivity contribution is 0.102. The lowest BCUT2D eigenvalue weighted by Gasteiger charge is -2.07. The first-order valence-corrected chi connectivity index (χ1v) is 16.7. The van der Waals surface area contributed by atoms with Crippen LogP contribution in [0.4, 0.5) is 11.6 Å². The van der Waals surface area contributed by atoms with E-state index in [1.165, 1.54) is 0 Å². The van der Waals surface area contributed by atoms with Crippen molar-refractivity contribution in [1.29, 1.82) is 0 Å². The van der Waals surface area contributed by atoms with Gasteiger partial charge in [0.1, 0.15) is 11.6 Å². The summed E-state index contributed by atoms with van der Waals surface area (Å²) < 4.78 is 11.3. The minimum absolute atomic E-state index is 0.208. The Hall–Kier alpha value is -6.79. The molecule has 6 heterocycles. The molecular formula is C40H33ClN8O4. The summed E-state index contributed by atoms with van der Waals surface area (Å²) in [6, 6.07) is 25.5. The number of hydrogen-bond acceptors (Lipinski definition) is 11. The minimum atomic E-state index is -0.392. The molecule has 13 heteroatoms. The third-order valence-corrected chi connectivity index (χ3v) is 7.76. The molecule has 0 saturated carbocycles. The summed E-state index contributed by atoms with van der Waals surface area (Å²) in [5.41, 5.74) is 14.9.